The fourth-order valence-corrected chi connectivity index (χ4v) is 7.25. The molecule has 1 unspecified atom stereocenters. The van der Waals surface area contributed by atoms with Crippen LogP contribution < -0.4 is 0 Å². The van der Waals surface area contributed by atoms with Crippen LogP contribution in [-0.2, 0) is 4.79 Å². The Bertz CT molecular complexity index is 613. The minimum absolute atomic E-state index is 0.172. The van der Waals surface area contributed by atoms with Crippen molar-refractivity contribution in [2.45, 2.75) is 76.9 Å². The molecule has 0 radical (unpaired) electrons. The molecule has 4 aliphatic rings. The summed E-state index contributed by atoms with van der Waals surface area (Å²) in [6, 6.07) is 0. The Morgan fingerprint density at radius 3 is 2.60 bits per heavy atom. The zero-order chi connectivity index (χ0) is 18.0. The van der Waals surface area contributed by atoms with E-state index in [0.717, 1.165) is 44.9 Å². The van der Waals surface area contributed by atoms with Crippen LogP contribution in [0.15, 0.2) is 11.6 Å². The highest BCUT2D eigenvalue weighted by Gasteiger charge is 2.65. The highest BCUT2D eigenvalue weighted by atomic mass is 16.3. The molecule has 4 aliphatic carbocycles. The van der Waals surface area contributed by atoms with Crippen molar-refractivity contribution in [3.05, 3.63) is 11.6 Å². The van der Waals surface area contributed by atoms with E-state index in [-0.39, 0.29) is 11.5 Å². The molecule has 0 saturated heterocycles. The predicted octanol–water partition coefficient (Wildman–Crippen LogP) is 2.60. The van der Waals surface area contributed by atoms with Crippen LogP contribution in [0.1, 0.15) is 65.2 Å². The SMILES string of the molecule is C[C@]12CCC(O)CC1=CC[C@@H]1[C@@H]2CC[C@@]2(C)[C@H]1CC[C@]2(O)C(=O)CO. The molecule has 7 atom stereocenters. The monoisotopic (exact) mass is 348 g/mol. The van der Waals surface area contributed by atoms with Crippen molar-refractivity contribution in [1.82, 2.24) is 0 Å². The molecule has 0 aromatic carbocycles. The number of aliphatic hydroxyl groups excluding tert-OH is 2. The Labute approximate surface area is 150 Å². The lowest BCUT2D eigenvalue weighted by molar-refractivity contribution is -0.163. The van der Waals surface area contributed by atoms with E-state index in [0.29, 0.717) is 24.2 Å². The summed E-state index contributed by atoms with van der Waals surface area (Å²) in [5.74, 6) is 1.04. The molecule has 0 aliphatic heterocycles. The van der Waals surface area contributed by atoms with Crippen LogP contribution in [0.3, 0.4) is 0 Å². The molecule has 25 heavy (non-hydrogen) atoms. The first-order valence-corrected chi connectivity index (χ1v) is 10.0. The molecule has 0 aromatic heterocycles. The predicted molar refractivity (Wildman–Crippen MR) is 94.8 cm³/mol. The minimum atomic E-state index is -1.36. The van der Waals surface area contributed by atoms with Crippen molar-refractivity contribution in [2.24, 2.45) is 28.6 Å². The Morgan fingerprint density at radius 1 is 1.16 bits per heavy atom. The molecule has 4 rings (SSSR count). The number of carbonyl (C=O) groups is 1. The number of rotatable bonds is 2. The number of fused-ring (bicyclic) bond motifs is 5. The minimum Gasteiger partial charge on any atom is -0.393 e. The summed E-state index contributed by atoms with van der Waals surface area (Å²) in [6.07, 6.45) is 9.17. The van der Waals surface area contributed by atoms with E-state index >= 15 is 0 Å². The van der Waals surface area contributed by atoms with Crippen molar-refractivity contribution >= 4 is 5.78 Å². The van der Waals surface area contributed by atoms with Gasteiger partial charge in [0, 0.05) is 5.41 Å². The normalized spacial score (nSPS) is 52.0. The molecule has 0 bridgehead atoms. The Hall–Kier alpha value is -0.710. The van der Waals surface area contributed by atoms with E-state index in [4.69, 9.17) is 0 Å². The quantitative estimate of drug-likeness (QED) is 0.670. The van der Waals surface area contributed by atoms with Crippen LogP contribution in [0.4, 0.5) is 0 Å². The summed E-state index contributed by atoms with van der Waals surface area (Å²) >= 11 is 0. The van der Waals surface area contributed by atoms with Crippen LogP contribution in [0.25, 0.3) is 0 Å². The highest BCUT2D eigenvalue weighted by Crippen LogP contribution is 2.67. The lowest BCUT2D eigenvalue weighted by Gasteiger charge is -2.58. The third-order valence-corrected chi connectivity index (χ3v) is 8.83. The standard InChI is InChI=1S/C21H32O4/c1-19-8-5-14(23)11-13(19)3-4-15-16(19)6-9-20(2)17(15)7-10-21(20,25)18(24)12-22/h3,14-17,22-23,25H,4-12H2,1-2H3/t14?,15-,16+,17+,19+,20+,21+/m1/s1. The van der Waals surface area contributed by atoms with Crippen LogP contribution in [0, 0.1) is 28.6 Å². The van der Waals surface area contributed by atoms with Gasteiger partial charge in [0.2, 0.25) is 0 Å². The summed E-state index contributed by atoms with van der Waals surface area (Å²) in [6.45, 7) is 3.90. The van der Waals surface area contributed by atoms with Crippen molar-refractivity contribution in [3.8, 4) is 0 Å². The lowest BCUT2D eigenvalue weighted by Crippen LogP contribution is -2.58. The lowest BCUT2D eigenvalue weighted by atomic mass is 9.46. The number of allylic oxidation sites excluding steroid dienone is 1. The average molecular weight is 348 g/mol. The van der Waals surface area contributed by atoms with Gasteiger partial charge in [-0.2, -0.15) is 0 Å². The highest BCUT2D eigenvalue weighted by molar-refractivity contribution is 5.89. The fraction of sp³-hybridized carbons (Fsp3) is 0.857. The van der Waals surface area contributed by atoms with E-state index in [9.17, 15) is 20.1 Å². The van der Waals surface area contributed by atoms with Crippen molar-refractivity contribution in [2.75, 3.05) is 6.61 Å². The summed E-state index contributed by atoms with van der Waals surface area (Å²) in [7, 11) is 0. The van der Waals surface area contributed by atoms with Gasteiger partial charge >= 0.3 is 0 Å². The Kier molecular flexibility index (Phi) is 3.99. The van der Waals surface area contributed by atoms with Crippen molar-refractivity contribution < 1.29 is 20.1 Å². The first-order valence-electron chi connectivity index (χ1n) is 10.0. The summed E-state index contributed by atoms with van der Waals surface area (Å²) in [5.41, 5.74) is -0.157. The van der Waals surface area contributed by atoms with Gasteiger partial charge in [-0.25, -0.2) is 0 Å². The smallest absolute Gasteiger partial charge is 0.190 e. The van der Waals surface area contributed by atoms with Gasteiger partial charge in [0.15, 0.2) is 5.78 Å². The van der Waals surface area contributed by atoms with Gasteiger partial charge in [-0.15, -0.1) is 0 Å². The van der Waals surface area contributed by atoms with E-state index in [1.807, 2.05) is 0 Å². The van der Waals surface area contributed by atoms with Gasteiger partial charge in [-0.1, -0.05) is 25.5 Å². The average Bonchev–Trinajstić information content (AvgIpc) is 2.87. The fourth-order valence-electron chi connectivity index (χ4n) is 7.25. The zero-order valence-corrected chi connectivity index (χ0v) is 15.5. The first-order chi connectivity index (χ1) is 11.8. The molecule has 4 nitrogen and oxygen atoms in total. The second kappa shape index (κ2) is 5.64. The maximum Gasteiger partial charge on any atom is 0.190 e. The summed E-state index contributed by atoms with van der Waals surface area (Å²) in [4.78, 5) is 12.3. The second-order valence-corrected chi connectivity index (χ2v) is 9.59. The topological polar surface area (TPSA) is 77.8 Å². The van der Waals surface area contributed by atoms with Crippen LogP contribution in [-0.4, -0.2) is 39.4 Å². The molecule has 4 heteroatoms. The first kappa shape index (κ1) is 17.7. The van der Waals surface area contributed by atoms with Crippen molar-refractivity contribution in [1.29, 1.82) is 0 Å². The van der Waals surface area contributed by atoms with Crippen LogP contribution in [0.2, 0.25) is 0 Å². The molecule has 3 saturated carbocycles. The largest absolute Gasteiger partial charge is 0.393 e. The number of ketones is 1. The molecule has 0 spiro atoms. The second-order valence-electron chi connectivity index (χ2n) is 9.59. The van der Waals surface area contributed by atoms with Gasteiger partial charge in [-0.05, 0) is 74.5 Å². The molecule has 0 aromatic rings. The number of Topliss-reactive ketones (excluding diaryl/α,β-unsaturated/α-hetero) is 1. The molecule has 3 fully saturated rings. The van der Waals surface area contributed by atoms with E-state index in [1.54, 1.807) is 0 Å². The number of hydrogen-bond acceptors (Lipinski definition) is 4. The maximum atomic E-state index is 12.3. The van der Waals surface area contributed by atoms with Gasteiger partial charge in [-0.3, -0.25) is 4.79 Å². The molecule has 140 valence electrons. The Morgan fingerprint density at radius 2 is 1.88 bits per heavy atom. The maximum absolute atomic E-state index is 12.3. The summed E-state index contributed by atoms with van der Waals surface area (Å²) < 4.78 is 0. The number of carbonyl (C=O) groups excluding carboxylic acids is 1. The van der Waals surface area contributed by atoms with Crippen LogP contribution >= 0.6 is 0 Å². The van der Waals surface area contributed by atoms with Gasteiger partial charge in [0.25, 0.3) is 0 Å². The van der Waals surface area contributed by atoms with Gasteiger partial charge in [0.1, 0.15) is 12.2 Å². The molecule has 3 N–H and O–H groups in total. The Balaban J connectivity index is 1.68. The zero-order valence-electron chi connectivity index (χ0n) is 15.5. The number of aliphatic hydroxyl groups is 3. The van der Waals surface area contributed by atoms with Crippen LogP contribution in [0.5, 0.6) is 0 Å². The number of hydrogen-bond donors (Lipinski definition) is 3. The molecular formula is C21H32O4. The third kappa shape index (κ3) is 2.20. The van der Waals surface area contributed by atoms with E-state index in [2.05, 4.69) is 19.9 Å². The molecular weight excluding hydrogens is 316 g/mol. The van der Waals surface area contributed by atoms with E-state index < -0.39 is 23.4 Å². The third-order valence-electron chi connectivity index (χ3n) is 8.83. The van der Waals surface area contributed by atoms with Gasteiger partial charge < -0.3 is 15.3 Å². The van der Waals surface area contributed by atoms with E-state index in [1.165, 1.54) is 5.57 Å². The van der Waals surface area contributed by atoms with Crippen molar-refractivity contribution in [3.63, 3.8) is 0 Å². The van der Waals surface area contributed by atoms with Gasteiger partial charge in [0.05, 0.1) is 6.10 Å². The molecule has 0 heterocycles. The molecule has 0 amide bonds. The summed E-state index contributed by atoms with van der Waals surface area (Å²) in [5, 5.41) is 30.6.